The van der Waals surface area contributed by atoms with Crippen LogP contribution in [0.25, 0.3) is 5.57 Å². The van der Waals surface area contributed by atoms with Gasteiger partial charge in [-0.05, 0) is 38.9 Å². The fourth-order valence-electron chi connectivity index (χ4n) is 3.35. The lowest BCUT2D eigenvalue weighted by Crippen LogP contribution is -2.21. The van der Waals surface area contributed by atoms with Gasteiger partial charge in [-0.2, -0.15) is 0 Å². The first-order valence-corrected chi connectivity index (χ1v) is 8.18. The summed E-state index contributed by atoms with van der Waals surface area (Å²) in [6, 6.07) is 0. The number of allylic oxidation sites excluding steroid dienone is 3. The maximum atomic E-state index is 14.7. The summed E-state index contributed by atoms with van der Waals surface area (Å²) < 4.78 is 21.2. The summed E-state index contributed by atoms with van der Waals surface area (Å²) in [5.74, 6) is -1.24. The van der Waals surface area contributed by atoms with E-state index < -0.39 is 17.7 Å². The Kier molecular flexibility index (Phi) is 4.71. The summed E-state index contributed by atoms with van der Waals surface area (Å²) >= 11 is 0. The molecule has 0 radical (unpaired) electrons. The van der Waals surface area contributed by atoms with E-state index in [9.17, 15) is 14.0 Å². The molecule has 1 aliphatic heterocycles. The van der Waals surface area contributed by atoms with Crippen molar-refractivity contribution in [2.75, 3.05) is 20.7 Å². The van der Waals surface area contributed by atoms with E-state index in [4.69, 9.17) is 5.73 Å². The predicted molar refractivity (Wildman–Crippen MR) is 89.1 cm³/mol. The Hall–Kier alpha value is -2.48. The normalized spacial score (nSPS) is 18.4. The molecule has 0 atom stereocenters. The molecule has 1 aromatic heterocycles. The molecule has 0 saturated heterocycles. The molecule has 0 fully saturated rings. The quantitative estimate of drug-likeness (QED) is 0.834. The highest BCUT2D eigenvalue weighted by Crippen LogP contribution is 2.34. The topological polar surface area (TPSA) is 90.5 Å². The molecule has 1 aromatic rings. The SMILES string of the molecule is COC(=O)C1=CC(F)=C(c2nc(C(N)=O)c3n2CCCN(C)C3)CC1. The van der Waals surface area contributed by atoms with Crippen molar-refractivity contribution in [3.05, 3.63) is 34.7 Å². The van der Waals surface area contributed by atoms with Gasteiger partial charge in [-0.3, -0.25) is 4.79 Å². The molecular weight excluding hydrogens is 327 g/mol. The molecule has 25 heavy (non-hydrogen) atoms. The molecule has 3 rings (SSSR count). The van der Waals surface area contributed by atoms with E-state index in [1.165, 1.54) is 13.2 Å². The minimum atomic E-state index is -0.618. The number of hydrogen-bond acceptors (Lipinski definition) is 5. The number of ether oxygens (including phenoxy) is 1. The van der Waals surface area contributed by atoms with Crippen LogP contribution in [0.2, 0.25) is 0 Å². The van der Waals surface area contributed by atoms with Gasteiger partial charge in [-0.15, -0.1) is 0 Å². The lowest BCUT2D eigenvalue weighted by Gasteiger charge is -2.16. The predicted octanol–water partition coefficient (Wildman–Crippen LogP) is 1.39. The summed E-state index contributed by atoms with van der Waals surface area (Å²) in [7, 11) is 3.23. The van der Waals surface area contributed by atoms with Gasteiger partial charge in [0.2, 0.25) is 0 Å². The van der Waals surface area contributed by atoms with Crippen LogP contribution in [-0.2, 0) is 22.6 Å². The summed E-state index contributed by atoms with van der Waals surface area (Å²) in [5, 5.41) is 0. The van der Waals surface area contributed by atoms with Gasteiger partial charge < -0.3 is 19.9 Å². The van der Waals surface area contributed by atoms with Crippen molar-refractivity contribution in [3.63, 3.8) is 0 Å². The molecule has 134 valence electrons. The first kappa shape index (κ1) is 17.3. The number of nitrogens with two attached hydrogens (primary N) is 1. The second kappa shape index (κ2) is 6.79. The third-order valence-electron chi connectivity index (χ3n) is 4.60. The average molecular weight is 348 g/mol. The molecule has 1 amide bonds. The number of carbonyl (C=O) groups is 2. The Balaban J connectivity index is 2.09. The van der Waals surface area contributed by atoms with Gasteiger partial charge in [0.25, 0.3) is 5.91 Å². The van der Waals surface area contributed by atoms with Crippen LogP contribution < -0.4 is 5.73 Å². The number of carbonyl (C=O) groups excluding carboxylic acids is 2. The Morgan fingerprint density at radius 2 is 2.08 bits per heavy atom. The van der Waals surface area contributed by atoms with Crippen molar-refractivity contribution in [2.24, 2.45) is 5.73 Å². The van der Waals surface area contributed by atoms with Gasteiger partial charge in [0.1, 0.15) is 11.7 Å². The van der Waals surface area contributed by atoms with E-state index in [1.54, 1.807) is 0 Å². The smallest absolute Gasteiger partial charge is 0.333 e. The third kappa shape index (κ3) is 3.21. The van der Waals surface area contributed by atoms with Crippen LogP contribution in [0.5, 0.6) is 0 Å². The number of imidazole rings is 1. The molecule has 0 unspecified atom stereocenters. The fourth-order valence-corrected chi connectivity index (χ4v) is 3.35. The van der Waals surface area contributed by atoms with E-state index in [2.05, 4.69) is 14.6 Å². The number of methoxy groups -OCH3 is 1. The molecule has 2 aliphatic rings. The molecule has 0 aromatic carbocycles. The summed E-state index contributed by atoms with van der Waals surface area (Å²) in [6.07, 6.45) is 2.74. The molecule has 0 spiro atoms. The summed E-state index contributed by atoms with van der Waals surface area (Å²) in [4.78, 5) is 29.8. The van der Waals surface area contributed by atoms with Crippen LogP contribution >= 0.6 is 0 Å². The van der Waals surface area contributed by atoms with Gasteiger partial charge >= 0.3 is 5.97 Å². The summed E-state index contributed by atoms with van der Waals surface area (Å²) in [5.41, 5.74) is 7.06. The number of hydrogen-bond donors (Lipinski definition) is 1. The second-order valence-electron chi connectivity index (χ2n) is 6.33. The zero-order chi connectivity index (χ0) is 18.1. The lowest BCUT2D eigenvalue weighted by atomic mass is 9.97. The highest BCUT2D eigenvalue weighted by molar-refractivity contribution is 5.93. The van der Waals surface area contributed by atoms with Gasteiger partial charge in [0.05, 0.1) is 12.8 Å². The Labute approximate surface area is 144 Å². The molecule has 0 bridgehead atoms. The number of fused-ring (bicyclic) bond motifs is 1. The summed E-state index contributed by atoms with van der Waals surface area (Å²) in [6.45, 7) is 2.04. The third-order valence-corrected chi connectivity index (χ3v) is 4.60. The van der Waals surface area contributed by atoms with Crippen molar-refractivity contribution in [1.29, 1.82) is 0 Å². The number of rotatable bonds is 3. The number of halogens is 1. The largest absolute Gasteiger partial charge is 0.466 e. The molecule has 8 heteroatoms. The van der Waals surface area contributed by atoms with Gasteiger partial charge in [-0.25, -0.2) is 14.2 Å². The molecule has 1 aliphatic carbocycles. The van der Waals surface area contributed by atoms with Crippen LogP contribution in [0, 0.1) is 0 Å². The minimum Gasteiger partial charge on any atom is -0.466 e. The fraction of sp³-hybridized carbons (Fsp3) is 0.471. The van der Waals surface area contributed by atoms with Crippen molar-refractivity contribution in [2.45, 2.75) is 32.4 Å². The van der Waals surface area contributed by atoms with E-state index >= 15 is 0 Å². The minimum absolute atomic E-state index is 0.187. The van der Waals surface area contributed by atoms with Crippen LogP contribution in [0.15, 0.2) is 17.5 Å². The number of amides is 1. The standard InChI is InChI=1S/C17H21FN4O3/c1-21-6-3-7-22-13(9-21)14(15(19)23)20-16(22)11-5-4-10(8-12(11)18)17(24)25-2/h8H,3-7,9H2,1-2H3,(H2,19,23). The zero-order valence-electron chi connectivity index (χ0n) is 14.3. The molecule has 2 N–H and O–H groups in total. The van der Waals surface area contributed by atoms with Crippen molar-refractivity contribution >= 4 is 17.4 Å². The Morgan fingerprint density at radius 3 is 2.72 bits per heavy atom. The van der Waals surface area contributed by atoms with Crippen LogP contribution in [0.3, 0.4) is 0 Å². The van der Waals surface area contributed by atoms with Gasteiger partial charge in [0, 0.05) is 24.2 Å². The van der Waals surface area contributed by atoms with E-state index in [1.807, 2.05) is 11.6 Å². The Morgan fingerprint density at radius 1 is 1.32 bits per heavy atom. The van der Waals surface area contributed by atoms with E-state index in [0.29, 0.717) is 48.6 Å². The average Bonchev–Trinajstić information content (AvgIpc) is 2.81. The van der Waals surface area contributed by atoms with Crippen LogP contribution in [-0.4, -0.2) is 47.0 Å². The highest BCUT2D eigenvalue weighted by atomic mass is 19.1. The molecule has 2 heterocycles. The second-order valence-corrected chi connectivity index (χ2v) is 6.33. The number of aromatic nitrogens is 2. The van der Waals surface area contributed by atoms with Crippen molar-refractivity contribution in [3.8, 4) is 0 Å². The molecule has 0 saturated carbocycles. The molecule has 7 nitrogen and oxygen atoms in total. The maximum absolute atomic E-state index is 14.7. The Bertz CT molecular complexity index is 794. The number of esters is 1. The van der Waals surface area contributed by atoms with Crippen molar-refractivity contribution in [1.82, 2.24) is 14.5 Å². The van der Waals surface area contributed by atoms with Crippen LogP contribution in [0.4, 0.5) is 4.39 Å². The molecular formula is C17H21FN4O3. The first-order valence-electron chi connectivity index (χ1n) is 8.18. The number of primary amides is 1. The first-order chi connectivity index (χ1) is 11.9. The highest BCUT2D eigenvalue weighted by Gasteiger charge is 2.28. The van der Waals surface area contributed by atoms with E-state index in [0.717, 1.165) is 13.0 Å². The van der Waals surface area contributed by atoms with E-state index in [-0.39, 0.29) is 5.69 Å². The maximum Gasteiger partial charge on any atom is 0.333 e. The van der Waals surface area contributed by atoms with Gasteiger partial charge in [-0.1, -0.05) is 0 Å². The number of nitrogens with zero attached hydrogens (tertiary/aromatic N) is 3. The lowest BCUT2D eigenvalue weighted by molar-refractivity contribution is -0.136. The van der Waals surface area contributed by atoms with Crippen molar-refractivity contribution < 1.29 is 18.7 Å². The monoisotopic (exact) mass is 348 g/mol. The van der Waals surface area contributed by atoms with Crippen LogP contribution in [0.1, 0.15) is 41.3 Å². The zero-order valence-corrected chi connectivity index (χ0v) is 14.3. The van der Waals surface area contributed by atoms with Gasteiger partial charge in [0.15, 0.2) is 5.69 Å².